The number of hydrogen-bond donors (Lipinski definition) is 2. The van der Waals surface area contributed by atoms with Crippen LogP contribution in [0.4, 0.5) is 5.82 Å². The molecule has 0 aliphatic carbocycles. The van der Waals surface area contributed by atoms with E-state index in [1.807, 2.05) is 0 Å². The molecule has 10 heteroatoms. The number of primary amides is 1. The van der Waals surface area contributed by atoms with Gasteiger partial charge in [-0.1, -0.05) is 0 Å². The Morgan fingerprint density at radius 2 is 2.12 bits per heavy atom. The summed E-state index contributed by atoms with van der Waals surface area (Å²) in [6.45, 7) is 2.17. The fourth-order valence-electron chi connectivity index (χ4n) is 3.07. The molecule has 3 rings (SSSR count). The summed E-state index contributed by atoms with van der Waals surface area (Å²) in [6.07, 6.45) is 5.48. The predicted molar refractivity (Wildman–Crippen MR) is 98.3 cm³/mol. The van der Waals surface area contributed by atoms with Crippen LogP contribution in [0.15, 0.2) is 12.4 Å². The quantitative estimate of drug-likeness (QED) is 0.766. The lowest BCUT2D eigenvalue weighted by atomic mass is 9.94. The van der Waals surface area contributed by atoms with E-state index in [-0.39, 0.29) is 0 Å². The van der Waals surface area contributed by atoms with Crippen LogP contribution in [0.1, 0.15) is 28.9 Å². The van der Waals surface area contributed by atoms with Gasteiger partial charge in [0.05, 0.1) is 21.3 Å². The summed E-state index contributed by atoms with van der Waals surface area (Å²) in [5, 5.41) is 0. The van der Waals surface area contributed by atoms with Gasteiger partial charge >= 0.3 is 0 Å². The zero-order chi connectivity index (χ0) is 18.0. The molecule has 0 unspecified atom stereocenters. The summed E-state index contributed by atoms with van der Waals surface area (Å²) in [6, 6.07) is 1.71. The molecular formula is C15H21N5O3S2. The first-order valence-electron chi connectivity index (χ1n) is 8.07. The summed E-state index contributed by atoms with van der Waals surface area (Å²) in [4.78, 5) is 22.7. The Kier molecular flexibility index (Phi) is 5.21. The number of nitrogens with zero attached hydrogens (tertiary/aromatic N) is 3. The van der Waals surface area contributed by atoms with Crippen molar-refractivity contribution in [3.05, 3.63) is 17.3 Å². The lowest BCUT2D eigenvalue weighted by Gasteiger charge is -2.33. The number of nitrogens with one attached hydrogen (secondary N) is 1. The van der Waals surface area contributed by atoms with Crippen molar-refractivity contribution in [2.75, 3.05) is 30.8 Å². The molecule has 0 atom stereocenters. The highest BCUT2D eigenvalue weighted by atomic mass is 32.2. The average molecular weight is 383 g/mol. The number of rotatable bonds is 6. The molecule has 3 heterocycles. The Morgan fingerprint density at radius 1 is 1.40 bits per heavy atom. The topological polar surface area (TPSA) is 118 Å². The maximum absolute atomic E-state index is 11.4. The van der Waals surface area contributed by atoms with Crippen LogP contribution < -0.4 is 15.4 Å². The predicted octanol–water partition coefficient (Wildman–Crippen LogP) is 0.946. The molecule has 1 saturated heterocycles. The van der Waals surface area contributed by atoms with Crippen molar-refractivity contribution in [2.24, 2.45) is 11.7 Å². The molecule has 2 aromatic rings. The van der Waals surface area contributed by atoms with Gasteiger partial charge in [0.2, 0.25) is 10.0 Å². The number of nitrogens with two attached hydrogens (primary N) is 1. The van der Waals surface area contributed by atoms with Gasteiger partial charge in [-0.3, -0.25) is 4.79 Å². The van der Waals surface area contributed by atoms with Crippen molar-refractivity contribution in [2.45, 2.75) is 19.3 Å². The highest BCUT2D eigenvalue weighted by Gasteiger charge is 2.23. The number of sulfonamides is 1. The fourth-order valence-corrected chi connectivity index (χ4v) is 4.54. The molecule has 1 fully saturated rings. The molecule has 0 bridgehead atoms. The Bertz CT molecular complexity index is 872. The minimum absolute atomic E-state index is 0.453. The molecular weight excluding hydrogens is 362 g/mol. The molecule has 0 saturated carbocycles. The first-order valence-corrected chi connectivity index (χ1v) is 10.8. The third-order valence-corrected chi connectivity index (χ3v) is 6.23. The summed E-state index contributed by atoms with van der Waals surface area (Å²) in [7, 11) is -3.12. The molecule has 25 heavy (non-hydrogen) atoms. The second kappa shape index (κ2) is 7.22. The first kappa shape index (κ1) is 18.0. The van der Waals surface area contributed by atoms with E-state index < -0.39 is 15.9 Å². The highest BCUT2D eigenvalue weighted by molar-refractivity contribution is 7.88. The number of anilines is 1. The summed E-state index contributed by atoms with van der Waals surface area (Å²) < 4.78 is 25.7. The van der Waals surface area contributed by atoms with Crippen LogP contribution in [0, 0.1) is 5.92 Å². The SMILES string of the molecule is CS(=O)(=O)NCCC1CCN(c2ncnc3cc(C(N)=O)sc23)CC1. The van der Waals surface area contributed by atoms with Crippen LogP contribution in [-0.2, 0) is 10.0 Å². The monoisotopic (exact) mass is 383 g/mol. The maximum atomic E-state index is 11.4. The molecule has 1 amide bonds. The van der Waals surface area contributed by atoms with Crippen LogP contribution in [0.3, 0.4) is 0 Å². The van der Waals surface area contributed by atoms with E-state index in [0.717, 1.165) is 48.4 Å². The Hall–Kier alpha value is -1.78. The van der Waals surface area contributed by atoms with E-state index in [1.165, 1.54) is 23.9 Å². The zero-order valence-electron chi connectivity index (χ0n) is 13.9. The van der Waals surface area contributed by atoms with Gasteiger partial charge in [-0.2, -0.15) is 0 Å². The minimum Gasteiger partial charge on any atom is -0.365 e. The summed E-state index contributed by atoms with van der Waals surface area (Å²) >= 11 is 1.33. The highest BCUT2D eigenvalue weighted by Crippen LogP contribution is 2.33. The number of aromatic nitrogens is 2. The van der Waals surface area contributed by atoms with Crippen LogP contribution >= 0.6 is 11.3 Å². The molecule has 8 nitrogen and oxygen atoms in total. The lowest BCUT2D eigenvalue weighted by molar-refractivity contribution is 0.100. The largest absolute Gasteiger partial charge is 0.365 e. The number of hydrogen-bond acceptors (Lipinski definition) is 7. The van der Waals surface area contributed by atoms with Gasteiger partial charge in [-0.25, -0.2) is 23.1 Å². The van der Waals surface area contributed by atoms with E-state index in [9.17, 15) is 13.2 Å². The van der Waals surface area contributed by atoms with Crippen LogP contribution in [0.5, 0.6) is 0 Å². The second-order valence-electron chi connectivity index (χ2n) is 6.27. The van der Waals surface area contributed by atoms with Crippen molar-refractivity contribution in [3.63, 3.8) is 0 Å². The van der Waals surface area contributed by atoms with Gasteiger partial charge in [-0.05, 0) is 31.2 Å². The van der Waals surface area contributed by atoms with Crippen molar-refractivity contribution < 1.29 is 13.2 Å². The van der Waals surface area contributed by atoms with Crippen molar-refractivity contribution in [1.82, 2.24) is 14.7 Å². The van der Waals surface area contributed by atoms with E-state index in [1.54, 1.807) is 6.07 Å². The van der Waals surface area contributed by atoms with Crippen molar-refractivity contribution in [3.8, 4) is 0 Å². The number of piperidine rings is 1. The Labute approximate surface area is 150 Å². The smallest absolute Gasteiger partial charge is 0.258 e. The Balaban J connectivity index is 1.65. The fraction of sp³-hybridized carbons (Fsp3) is 0.533. The summed E-state index contributed by atoms with van der Waals surface area (Å²) in [5.74, 6) is 0.883. The van der Waals surface area contributed by atoms with Gasteiger partial charge in [0.1, 0.15) is 12.1 Å². The van der Waals surface area contributed by atoms with E-state index >= 15 is 0 Å². The molecule has 1 aliphatic rings. The zero-order valence-corrected chi connectivity index (χ0v) is 15.6. The number of amides is 1. The van der Waals surface area contributed by atoms with Crippen molar-refractivity contribution in [1.29, 1.82) is 0 Å². The molecule has 136 valence electrons. The second-order valence-corrected chi connectivity index (χ2v) is 9.16. The number of carbonyl (C=O) groups is 1. The molecule has 3 N–H and O–H groups in total. The van der Waals surface area contributed by atoms with E-state index in [4.69, 9.17) is 5.73 Å². The normalized spacial score (nSPS) is 16.4. The number of carbonyl (C=O) groups excluding carboxylic acids is 1. The van der Waals surface area contributed by atoms with Gasteiger partial charge < -0.3 is 10.6 Å². The molecule has 0 radical (unpaired) electrons. The summed E-state index contributed by atoms with van der Waals surface area (Å²) in [5.41, 5.74) is 6.10. The van der Waals surface area contributed by atoms with Gasteiger partial charge in [0.25, 0.3) is 5.91 Å². The lowest BCUT2D eigenvalue weighted by Crippen LogP contribution is -2.35. The molecule has 0 spiro atoms. The number of fused-ring (bicyclic) bond motifs is 1. The third-order valence-electron chi connectivity index (χ3n) is 4.37. The van der Waals surface area contributed by atoms with Crippen LogP contribution in [0.25, 0.3) is 10.2 Å². The van der Waals surface area contributed by atoms with E-state index in [2.05, 4.69) is 19.6 Å². The number of thiophene rings is 1. The standard InChI is InChI=1S/C15H21N5O3S2/c1-25(22,23)19-5-2-10-3-6-20(7-4-10)15-13-11(17-9-18-15)8-12(24-13)14(16)21/h8-10,19H,2-7H2,1H3,(H2,16,21). The molecule has 1 aliphatic heterocycles. The average Bonchev–Trinajstić information content (AvgIpc) is 2.99. The van der Waals surface area contributed by atoms with Gasteiger partial charge in [0.15, 0.2) is 0 Å². The van der Waals surface area contributed by atoms with Crippen LogP contribution in [0.2, 0.25) is 0 Å². The van der Waals surface area contributed by atoms with Crippen LogP contribution in [-0.4, -0.2) is 50.2 Å². The van der Waals surface area contributed by atoms with E-state index in [0.29, 0.717) is 17.3 Å². The molecule has 0 aromatic carbocycles. The van der Waals surface area contributed by atoms with Gasteiger partial charge in [0, 0.05) is 19.6 Å². The third kappa shape index (κ3) is 4.44. The first-order chi connectivity index (χ1) is 11.8. The molecule has 2 aromatic heterocycles. The minimum atomic E-state index is -3.12. The van der Waals surface area contributed by atoms with Crippen molar-refractivity contribution >= 4 is 43.3 Å². The van der Waals surface area contributed by atoms with Gasteiger partial charge in [-0.15, -0.1) is 11.3 Å². The Morgan fingerprint density at radius 3 is 2.76 bits per heavy atom. The maximum Gasteiger partial charge on any atom is 0.258 e.